The first-order valence-electron chi connectivity index (χ1n) is 4.72. The van der Waals surface area contributed by atoms with E-state index in [0.29, 0.717) is 6.42 Å². The molecule has 1 N–H and O–H groups in total. The Labute approximate surface area is 89.0 Å². The van der Waals surface area contributed by atoms with Crippen molar-refractivity contribution in [2.75, 3.05) is 6.61 Å². The van der Waals surface area contributed by atoms with Gasteiger partial charge in [-0.15, -0.1) is 0 Å². The Kier molecular flexibility index (Phi) is 3.92. The highest BCUT2D eigenvalue weighted by molar-refractivity contribution is 5.81. The summed E-state index contributed by atoms with van der Waals surface area (Å²) in [6.45, 7) is 5.37. The molecule has 1 rings (SSSR count). The fourth-order valence-electron chi connectivity index (χ4n) is 1.24. The van der Waals surface area contributed by atoms with Gasteiger partial charge in [-0.25, -0.2) is 4.79 Å². The van der Waals surface area contributed by atoms with Crippen LogP contribution in [0, 0.1) is 6.92 Å². The summed E-state index contributed by atoms with van der Waals surface area (Å²) < 4.78 is 4.82. The summed E-state index contributed by atoms with van der Waals surface area (Å²) in [5, 5.41) is 9.66. The number of phenolic OH excluding ortho intramolecular Hbond substituents is 1. The molecule has 1 aromatic carbocycles. The second kappa shape index (κ2) is 5.20. The highest BCUT2D eigenvalue weighted by Gasteiger charge is 2.04. The van der Waals surface area contributed by atoms with E-state index in [1.807, 2.05) is 25.1 Å². The standard InChI is InChI=1S/C12H14O3/c1-3-11(13)15-8-7-10-6-4-5-9(2)12(10)14/h3-6,14H,1,7-8H2,2H3. The van der Waals surface area contributed by atoms with Crippen LogP contribution in [0.2, 0.25) is 0 Å². The Morgan fingerprint density at radius 3 is 3.00 bits per heavy atom. The maximum Gasteiger partial charge on any atom is 0.330 e. The van der Waals surface area contributed by atoms with Gasteiger partial charge in [-0.3, -0.25) is 0 Å². The molecular weight excluding hydrogens is 192 g/mol. The van der Waals surface area contributed by atoms with Crippen LogP contribution in [0.15, 0.2) is 30.9 Å². The number of carbonyl (C=O) groups excluding carboxylic acids is 1. The number of esters is 1. The molecule has 0 spiro atoms. The molecule has 0 saturated carbocycles. The number of carbonyl (C=O) groups is 1. The molecule has 0 heterocycles. The number of aromatic hydroxyl groups is 1. The summed E-state index contributed by atoms with van der Waals surface area (Å²) in [4.78, 5) is 10.8. The Morgan fingerprint density at radius 2 is 2.33 bits per heavy atom. The molecule has 0 unspecified atom stereocenters. The van der Waals surface area contributed by atoms with Crippen molar-refractivity contribution < 1.29 is 14.6 Å². The lowest BCUT2D eigenvalue weighted by molar-refractivity contribution is -0.137. The number of ether oxygens (including phenoxy) is 1. The van der Waals surface area contributed by atoms with E-state index in [-0.39, 0.29) is 12.4 Å². The highest BCUT2D eigenvalue weighted by Crippen LogP contribution is 2.21. The van der Waals surface area contributed by atoms with Gasteiger partial charge in [-0.1, -0.05) is 24.8 Å². The third kappa shape index (κ3) is 3.13. The van der Waals surface area contributed by atoms with Crippen molar-refractivity contribution in [3.63, 3.8) is 0 Å². The molecule has 0 aliphatic carbocycles. The third-order valence-corrected chi connectivity index (χ3v) is 2.10. The molecule has 0 bridgehead atoms. The van der Waals surface area contributed by atoms with Crippen LogP contribution in [0.1, 0.15) is 11.1 Å². The zero-order valence-electron chi connectivity index (χ0n) is 8.69. The Bertz CT molecular complexity index is 369. The molecule has 3 nitrogen and oxygen atoms in total. The van der Waals surface area contributed by atoms with E-state index in [1.165, 1.54) is 0 Å². The fraction of sp³-hybridized carbons (Fsp3) is 0.250. The van der Waals surface area contributed by atoms with Crippen LogP contribution in [-0.2, 0) is 16.0 Å². The monoisotopic (exact) mass is 206 g/mol. The number of phenols is 1. The van der Waals surface area contributed by atoms with Gasteiger partial charge >= 0.3 is 5.97 Å². The second-order valence-electron chi connectivity index (χ2n) is 3.20. The minimum atomic E-state index is -0.442. The van der Waals surface area contributed by atoms with Gasteiger partial charge in [0.25, 0.3) is 0 Å². The van der Waals surface area contributed by atoms with Crippen LogP contribution >= 0.6 is 0 Å². The second-order valence-corrected chi connectivity index (χ2v) is 3.20. The van der Waals surface area contributed by atoms with Gasteiger partial charge in [0.05, 0.1) is 6.61 Å². The van der Waals surface area contributed by atoms with E-state index in [1.54, 1.807) is 0 Å². The van der Waals surface area contributed by atoms with Crippen LogP contribution < -0.4 is 0 Å². The molecule has 0 aliphatic rings. The van der Waals surface area contributed by atoms with Crippen molar-refractivity contribution >= 4 is 5.97 Å². The maximum atomic E-state index is 10.8. The highest BCUT2D eigenvalue weighted by atomic mass is 16.5. The molecule has 0 radical (unpaired) electrons. The topological polar surface area (TPSA) is 46.5 Å². The minimum Gasteiger partial charge on any atom is -0.507 e. The molecule has 0 aromatic heterocycles. The maximum absolute atomic E-state index is 10.8. The van der Waals surface area contributed by atoms with Crippen molar-refractivity contribution in [2.45, 2.75) is 13.3 Å². The van der Waals surface area contributed by atoms with Crippen LogP contribution in [-0.4, -0.2) is 17.7 Å². The summed E-state index contributed by atoms with van der Waals surface area (Å²) >= 11 is 0. The van der Waals surface area contributed by atoms with Gasteiger partial charge in [0.15, 0.2) is 0 Å². The molecule has 3 heteroatoms. The van der Waals surface area contributed by atoms with Crippen LogP contribution in [0.4, 0.5) is 0 Å². The minimum absolute atomic E-state index is 0.252. The molecule has 0 amide bonds. The van der Waals surface area contributed by atoms with Gasteiger partial charge in [0, 0.05) is 12.5 Å². The van der Waals surface area contributed by atoms with E-state index in [4.69, 9.17) is 4.74 Å². The van der Waals surface area contributed by atoms with E-state index in [9.17, 15) is 9.90 Å². The number of benzene rings is 1. The number of para-hydroxylation sites is 1. The summed E-state index contributed by atoms with van der Waals surface area (Å²) in [7, 11) is 0. The lowest BCUT2D eigenvalue weighted by Gasteiger charge is -2.06. The molecule has 0 aliphatic heterocycles. The van der Waals surface area contributed by atoms with Crippen molar-refractivity contribution in [3.05, 3.63) is 42.0 Å². The SMILES string of the molecule is C=CC(=O)OCCc1cccc(C)c1O. The summed E-state index contributed by atoms with van der Waals surface area (Å²) in [6, 6.07) is 5.50. The summed E-state index contributed by atoms with van der Waals surface area (Å²) in [5.41, 5.74) is 1.61. The van der Waals surface area contributed by atoms with Crippen molar-refractivity contribution in [1.29, 1.82) is 0 Å². The predicted molar refractivity (Wildman–Crippen MR) is 57.7 cm³/mol. The molecule has 80 valence electrons. The summed E-state index contributed by atoms with van der Waals surface area (Å²) in [5.74, 6) is -0.172. The Morgan fingerprint density at radius 1 is 1.60 bits per heavy atom. The first-order valence-corrected chi connectivity index (χ1v) is 4.72. The van der Waals surface area contributed by atoms with E-state index in [2.05, 4.69) is 6.58 Å². The van der Waals surface area contributed by atoms with E-state index in [0.717, 1.165) is 17.2 Å². The third-order valence-electron chi connectivity index (χ3n) is 2.10. The first kappa shape index (κ1) is 11.3. The molecular formula is C12H14O3. The summed E-state index contributed by atoms with van der Waals surface area (Å²) in [6.07, 6.45) is 1.63. The number of hydrogen-bond donors (Lipinski definition) is 1. The predicted octanol–water partition coefficient (Wildman–Crippen LogP) is 1.97. The molecule has 15 heavy (non-hydrogen) atoms. The van der Waals surface area contributed by atoms with Crippen LogP contribution in [0.25, 0.3) is 0 Å². The molecule has 0 saturated heterocycles. The average molecular weight is 206 g/mol. The fourth-order valence-corrected chi connectivity index (χ4v) is 1.24. The van der Waals surface area contributed by atoms with Crippen LogP contribution in [0.5, 0.6) is 5.75 Å². The Hall–Kier alpha value is -1.77. The normalized spacial score (nSPS) is 9.67. The smallest absolute Gasteiger partial charge is 0.330 e. The zero-order chi connectivity index (χ0) is 11.3. The van der Waals surface area contributed by atoms with Gasteiger partial charge in [-0.05, 0) is 18.1 Å². The molecule has 1 aromatic rings. The van der Waals surface area contributed by atoms with Gasteiger partial charge in [0.1, 0.15) is 5.75 Å². The van der Waals surface area contributed by atoms with E-state index >= 15 is 0 Å². The molecule has 0 fully saturated rings. The van der Waals surface area contributed by atoms with Crippen LogP contribution in [0.3, 0.4) is 0 Å². The van der Waals surface area contributed by atoms with E-state index < -0.39 is 5.97 Å². The lowest BCUT2D eigenvalue weighted by atomic mass is 10.1. The quantitative estimate of drug-likeness (QED) is 0.605. The van der Waals surface area contributed by atoms with Gasteiger partial charge in [-0.2, -0.15) is 0 Å². The number of aryl methyl sites for hydroxylation is 1. The lowest BCUT2D eigenvalue weighted by Crippen LogP contribution is -2.04. The van der Waals surface area contributed by atoms with Gasteiger partial charge < -0.3 is 9.84 Å². The van der Waals surface area contributed by atoms with Gasteiger partial charge in [0.2, 0.25) is 0 Å². The number of hydrogen-bond acceptors (Lipinski definition) is 3. The van der Waals surface area contributed by atoms with Crippen molar-refractivity contribution in [3.8, 4) is 5.75 Å². The Balaban J connectivity index is 2.54. The number of rotatable bonds is 4. The molecule has 0 atom stereocenters. The van der Waals surface area contributed by atoms with Crippen molar-refractivity contribution in [1.82, 2.24) is 0 Å². The largest absolute Gasteiger partial charge is 0.507 e. The zero-order valence-corrected chi connectivity index (χ0v) is 8.69. The van der Waals surface area contributed by atoms with Crippen molar-refractivity contribution in [2.24, 2.45) is 0 Å². The first-order chi connectivity index (χ1) is 7.15. The average Bonchev–Trinajstić information content (AvgIpc) is 2.24.